The van der Waals surface area contributed by atoms with E-state index in [2.05, 4.69) is 51.0 Å². The first-order chi connectivity index (χ1) is 13.2. The number of carbonyl (C=O) groups is 1. The summed E-state index contributed by atoms with van der Waals surface area (Å²) in [6, 6.07) is 16.3. The van der Waals surface area contributed by atoms with Gasteiger partial charge in [0.1, 0.15) is 11.5 Å². The molecule has 0 bridgehead atoms. The second-order valence-electron chi connectivity index (χ2n) is 6.29. The van der Waals surface area contributed by atoms with Crippen molar-refractivity contribution in [3.05, 3.63) is 78.4 Å². The Hall–Kier alpha value is -3.54. The number of rotatable bonds is 5. The van der Waals surface area contributed by atoms with Gasteiger partial charge >= 0.3 is 0 Å². The summed E-state index contributed by atoms with van der Waals surface area (Å²) in [4.78, 5) is 24.9. The van der Waals surface area contributed by atoms with Gasteiger partial charge in [-0.25, -0.2) is 9.97 Å². The number of aromatic nitrogens is 4. The normalized spacial score (nSPS) is 10.9. The van der Waals surface area contributed by atoms with Gasteiger partial charge in [0.2, 0.25) is 0 Å². The lowest BCUT2D eigenvalue weighted by atomic mass is 10.1. The van der Waals surface area contributed by atoms with Crippen molar-refractivity contribution < 1.29 is 4.79 Å². The van der Waals surface area contributed by atoms with Crippen molar-refractivity contribution >= 4 is 16.9 Å². The quantitative estimate of drug-likeness (QED) is 0.595. The smallest absolute Gasteiger partial charge is 0.271 e. The van der Waals surface area contributed by atoms with E-state index in [-0.39, 0.29) is 5.91 Å². The third kappa shape index (κ3) is 3.55. The lowest BCUT2D eigenvalue weighted by Gasteiger charge is -2.10. The Labute approximate surface area is 156 Å². The third-order valence-corrected chi connectivity index (χ3v) is 4.38. The highest BCUT2D eigenvalue weighted by Crippen LogP contribution is 2.24. The standard InChI is InChI=1S/C21H19N5O/c1-15-6-8-16(9-7-15)20-25-17-4-2-3-5-19(17)26(20)13-12-24-21(27)18-14-22-10-11-23-18/h2-11,14H,12-13H2,1H3,(H,24,27). The van der Waals surface area contributed by atoms with Crippen molar-refractivity contribution in [1.29, 1.82) is 0 Å². The van der Waals surface area contributed by atoms with E-state index >= 15 is 0 Å². The van der Waals surface area contributed by atoms with Crippen LogP contribution in [0.15, 0.2) is 67.1 Å². The van der Waals surface area contributed by atoms with Crippen LogP contribution >= 0.6 is 0 Å². The van der Waals surface area contributed by atoms with Gasteiger partial charge in [0.05, 0.1) is 17.2 Å². The van der Waals surface area contributed by atoms with E-state index in [0.29, 0.717) is 18.8 Å². The molecule has 6 nitrogen and oxygen atoms in total. The summed E-state index contributed by atoms with van der Waals surface area (Å²) in [6.45, 7) is 3.14. The Morgan fingerprint density at radius 1 is 1.07 bits per heavy atom. The zero-order chi connectivity index (χ0) is 18.6. The molecule has 0 radical (unpaired) electrons. The predicted octanol–water partition coefficient (Wildman–Crippen LogP) is 3.23. The fourth-order valence-electron chi connectivity index (χ4n) is 3.01. The number of hydrogen-bond acceptors (Lipinski definition) is 4. The molecule has 4 rings (SSSR count). The molecule has 0 atom stereocenters. The van der Waals surface area contributed by atoms with E-state index in [4.69, 9.17) is 4.98 Å². The maximum absolute atomic E-state index is 12.2. The number of para-hydroxylation sites is 2. The van der Waals surface area contributed by atoms with Crippen LogP contribution < -0.4 is 5.32 Å². The minimum Gasteiger partial charge on any atom is -0.349 e. The molecule has 2 aromatic heterocycles. The Kier molecular flexibility index (Phi) is 4.61. The van der Waals surface area contributed by atoms with Crippen LogP contribution in [0.25, 0.3) is 22.4 Å². The average Bonchev–Trinajstić information content (AvgIpc) is 3.08. The van der Waals surface area contributed by atoms with Crippen LogP contribution in [0, 0.1) is 6.92 Å². The van der Waals surface area contributed by atoms with Crippen molar-refractivity contribution in [2.45, 2.75) is 13.5 Å². The lowest BCUT2D eigenvalue weighted by molar-refractivity contribution is 0.0947. The third-order valence-electron chi connectivity index (χ3n) is 4.38. The molecule has 6 heteroatoms. The number of carbonyl (C=O) groups excluding carboxylic acids is 1. The Morgan fingerprint density at radius 2 is 1.89 bits per heavy atom. The second kappa shape index (κ2) is 7.37. The molecule has 0 spiro atoms. The molecule has 0 saturated heterocycles. The Bertz CT molecular complexity index is 1070. The van der Waals surface area contributed by atoms with E-state index in [0.717, 1.165) is 22.4 Å². The van der Waals surface area contributed by atoms with E-state index in [9.17, 15) is 4.79 Å². The van der Waals surface area contributed by atoms with Crippen LogP contribution in [-0.4, -0.2) is 32.0 Å². The maximum atomic E-state index is 12.2. The minimum absolute atomic E-state index is 0.232. The zero-order valence-corrected chi connectivity index (χ0v) is 15.0. The highest BCUT2D eigenvalue weighted by molar-refractivity contribution is 5.91. The molecule has 2 aromatic carbocycles. The molecule has 4 aromatic rings. The molecule has 1 amide bonds. The first-order valence-electron chi connectivity index (χ1n) is 8.79. The number of fused-ring (bicyclic) bond motifs is 1. The monoisotopic (exact) mass is 357 g/mol. The Balaban J connectivity index is 1.59. The maximum Gasteiger partial charge on any atom is 0.271 e. The molecule has 0 fully saturated rings. The van der Waals surface area contributed by atoms with E-state index in [1.54, 1.807) is 6.20 Å². The molecule has 1 N–H and O–H groups in total. The lowest BCUT2D eigenvalue weighted by Crippen LogP contribution is -2.28. The molecule has 2 heterocycles. The summed E-state index contributed by atoms with van der Waals surface area (Å²) in [7, 11) is 0. The summed E-state index contributed by atoms with van der Waals surface area (Å²) in [5.41, 5.74) is 4.55. The number of amides is 1. The molecule has 27 heavy (non-hydrogen) atoms. The van der Waals surface area contributed by atoms with Gasteiger partial charge in [-0.2, -0.15) is 0 Å². The van der Waals surface area contributed by atoms with E-state index in [1.807, 2.05) is 24.3 Å². The van der Waals surface area contributed by atoms with Crippen LogP contribution in [0.4, 0.5) is 0 Å². The molecular formula is C21H19N5O. The van der Waals surface area contributed by atoms with Gasteiger partial charge in [0.25, 0.3) is 5.91 Å². The molecular weight excluding hydrogens is 338 g/mol. The fraction of sp³-hybridized carbons (Fsp3) is 0.143. The van der Waals surface area contributed by atoms with Crippen molar-refractivity contribution in [3.63, 3.8) is 0 Å². The number of nitrogens with zero attached hydrogens (tertiary/aromatic N) is 4. The van der Waals surface area contributed by atoms with Crippen LogP contribution in [0.1, 0.15) is 16.1 Å². The molecule has 0 aliphatic carbocycles. The van der Waals surface area contributed by atoms with Gasteiger partial charge in [0.15, 0.2) is 0 Å². The first kappa shape index (κ1) is 16.9. The summed E-state index contributed by atoms with van der Waals surface area (Å²) in [6.07, 6.45) is 4.51. The first-order valence-corrected chi connectivity index (χ1v) is 8.79. The average molecular weight is 357 g/mol. The number of nitrogens with one attached hydrogen (secondary N) is 1. The van der Waals surface area contributed by atoms with Crippen LogP contribution in [-0.2, 0) is 6.54 Å². The highest BCUT2D eigenvalue weighted by Gasteiger charge is 2.13. The number of imidazole rings is 1. The predicted molar refractivity (Wildman–Crippen MR) is 104 cm³/mol. The summed E-state index contributed by atoms with van der Waals surface area (Å²) >= 11 is 0. The molecule has 134 valence electrons. The van der Waals surface area contributed by atoms with Crippen molar-refractivity contribution in [1.82, 2.24) is 24.8 Å². The van der Waals surface area contributed by atoms with Crippen molar-refractivity contribution in [2.24, 2.45) is 0 Å². The van der Waals surface area contributed by atoms with Gasteiger partial charge < -0.3 is 9.88 Å². The van der Waals surface area contributed by atoms with Crippen molar-refractivity contribution in [2.75, 3.05) is 6.54 Å². The highest BCUT2D eigenvalue weighted by atomic mass is 16.1. The van der Waals surface area contributed by atoms with Crippen LogP contribution in [0.5, 0.6) is 0 Å². The van der Waals surface area contributed by atoms with Gasteiger partial charge in [-0.15, -0.1) is 0 Å². The molecule has 0 aliphatic heterocycles. The van der Waals surface area contributed by atoms with Gasteiger partial charge in [-0.3, -0.25) is 9.78 Å². The number of hydrogen-bond donors (Lipinski definition) is 1. The number of benzene rings is 2. The molecule has 0 saturated carbocycles. The summed E-state index contributed by atoms with van der Waals surface area (Å²) in [5, 5.41) is 2.90. The topological polar surface area (TPSA) is 72.7 Å². The number of aryl methyl sites for hydroxylation is 1. The van der Waals surface area contributed by atoms with Crippen LogP contribution in [0.3, 0.4) is 0 Å². The van der Waals surface area contributed by atoms with Gasteiger partial charge in [0, 0.05) is 31.0 Å². The van der Waals surface area contributed by atoms with Crippen LogP contribution in [0.2, 0.25) is 0 Å². The Morgan fingerprint density at radius 3 is 2.67 bits per heavy atom. The van der Waals surface area contributed by atoms with Crippen molar-refractivity contribution in [3.8, 4) is 11.4 Å². The molecule has 0 unspecified atom stereocenters. The van der Waals surface area contributed by atoms with Gasteiger partial charge in [-0.1, -0.05) is 42.0 Å². The van der Waals surface area contributed by atoms with E-state index < -0.39 is 0 Å². The largest absolute Gasteiger partial charge is 0.349 e. The second-order valence-corrected chi connectivity index (χ2v) is 6.29. The van der Waals surface area contributed by atoms with Gasteiger partial charge in [-0.05, 0) is 19.1 Å². The summed E-state index contributed by atoms with van der Waals surface area (Å²) in [5.74, 6) is 0.661. The van der Waals surface area contributed by atoms with E-state index in [1.165, 1.54) is 18.0 Å². The summed E-state index contributed by atoms with van der Waals surface area (Å²) < 4.78 is 2.14. The fourth-order valence-corrected chi connectivity index (χ4v) is 3.01. The minimum atomic E-state index is -0.232. The molecule has 0 aliphatic rings. The zero-order valence-electron chi connectivity index (χ0n) is 15.0. The SMILES string of the molecule is Cc1ccc(-c2nc3ccccc3n2CCNC(=O)c2cnccn2)cc1.